The average molecular weight is 844 g/mol. The first-order valence-corrected chi connectivity index (χ1v) is 21.0. The van der Waals surface area contributed by atoms with Gasteiger partial charge in [-0.05, 0) is 125 Å². The molecule has 3 aromatic carbocycles. The van der Waals surface area contributed by atoms with Crippen LogP contribution in [0.4, 0.5) is 10.2 Å². The van der Waals surface area contributed by atoms with E-state index < -0.39 is 17.8 Å². The normalized spacial score (nSPS) is 18.2. The van der Waals surface area contributed by atoms with Gasteiger partial charge in [-0.2, -0.15) is 0 Å². The van der Waals surface area contributed by atoms with Crippen molar-refractivity contribution in [2.75, 3.05) is 39.2 Å². The van der Waals surface area contributed by atoms with Crippen molar-refractivity contribution in [3.05, 3.63) is 86.4 Å². The Balaban J connectivity index is 0.906. The van der Waals surface area contributed by atoms with E-state index in [1.54, 1.807) is 20.3 Å². The number of nitrogens with one attached hydrogen (secondary N) is 2. The fourth-order valence-electron chi connectivity index (χ4n) is 8.84. The fourth-order valence-corrected chi connectivity index (χ4v) is 9.25. The Hall–Kier alpha value is -4.62. The molecule has 2 saturated heterocycles. The van der Waals surface area contributed by atoms with Crippen molar-refractivity contribution in [3.63, 3.8) is 0 Å². The smallest absolute Gasteiger partial charge is 0.255 e. The van der Waals surface area contributed by atoms with Crippen molar-refractivity contribution in [2.45, 2.75) is 103 Å². The van der Waals surface area contributed by atoms with E-state index >= 15 is 0 Å². The first-order chi connectivity index (χ1) is 27.5. The summed E-state index contributed by atoms with van der Waals surface area (Å²) in [5.74, 6) is 1.46. The highest BCUT2D eigenvalue weighted by Crippen LogP contribution is 2.41. The Bertz CT molecular complexity index is 2160. The van der Waals surface area contributed by atoms with Gasteiger partial charge in [0.25, 0.3) is 5.91 Å². The number of halogens is 2. The second kappa shape index (κ2) is 17.9. The van der Waals surface area contributed by atoms with Gasteiger partial charge in [0.05, 0.1) is 25.8 Å². The van der Waals surface area contributed by atoms with Crippen molar-refractivity contribution < 1.29 is 28.2 Å². The number of benzene rings is 3. The summed E-state index contributed by atoms with van der Waals surface area (Å²) in [6, 6.07) is 12.4. The molecule has 0 spiro atoms. The van der Waals surface area contributed by atoms with Crippen LogP contribution in [0.3, 0.4) is 0 Å². The Kier molecular flexibility index (Phi) is 12.7. The van der Waals surface area contributed by atoms with Gasteiger partial charge >= 0.3 is 0 Å². The summed E-state index contributed by atoms with van der Waals surface area (Å²) in [6.45, 7) is 7.18. The molecule has 2 N–H and O–H groups in total. The Morgan fingerprint density at radius 3 is 2.49 bits per heavy atom. The first kappa shape index (κ1) is 40.6. The number of nitrogens with zero attached hydrogens (tertiary/aromatic N) is 4. The van der Waals surface area contributed by atoms with Crippen LogP contribution in [0.1, 0.15) is 115 Å². The molecule has 3 aliphatic heterocycles. The predicted molar refractivity (Wildman–Crippen MR) is 221 cm³/mol. The zero-order valence-electron chi connectivity index (χ0n) is 33.3. The molecule has 13 heteroatoms. The Labute approximate surface area is 342 Å². The molecule has 11 nitrogen and oxygen atoms in total. The van der Waals surface area contributed by atoms with E-state index in [1.165, 1.54) is 11.0 Å². The lowest BCUT2D eigenvalue weighted by atomic mass is 9.85. The highest BCUT2D eigenvalue weighted by atomic mass is 79.9. The number of anilines is 1. The van der Waals surface area contributed by atoms with E-state index in [0.29, 0.717) is 17.1 Å². The second-order valence-corrected chi connectivity index (χ2v) is 16.5. The average Bonchev–Trinajstić information content (AvgIpc) is 3.52. The molecule has 4 aromatic rings. The van der Waals surface area contributed by atoms with Gasteiger partial charge in [-0.15, -0.1) is 0 Å². The highest BCUT2D eigenvalue weighted by Gasteiger charge is 2.41. The molecule has 0 aliphatic carbocycles. The van der Waals surface area contributed by atoms with Gasteiger partial charge in [-0.1, -0.05) is 47.3 Å². The van der Waals surface area contributed by atoms with Gasteiger partial charge in [0.2, 0.25) is 11.8 Å². The fraction of sp³-hybridized carbons (Fsp3) is 0.477. The van der Waals surface area contributed by atoms with Gasteiger partial charge in [-0.25, -0.2) is 14.4 Å². The number of fused-ring (bicyclic) bond motifs is 2. The van der Waals surface area contributed by atoms with Crippen LogP contribution in [-0.2, 0) is 22.6 Å². The van der Waals surface area contributed by atoms with Gasteiger partial charge in [0, 0.05) is 34.0 Å². The van der Waals surface area contributed by atoms with E-state index in [9.17, 15) is 18.8 Å². The van der Waals surface area contributed by atoms with Crippen molar-refractivity contribution in [1.29, 1.82) is 0 Å². The van der Waals surface area contributed by atoms with E-state index in [1.807, 2.05) is 25.1 Å². The summed E-state index contributed by atoms with van der Waals surface area (Å²) < 4.78 is 27.6. The number of likely N-dealkylation sites (tertiary alicyclic amines) is 1. The lowest BCUT2D eigenvalue weighted by Crippen LogP contribution is -2.52. The maximum atomic E-state index is 14.9. The van der Waals surface area contributed by atoms with Crippen molar-refractivity contribution >= 4 is 50.4 Å². The molecule has 0 saturated carbocycles. The number of piperidine rings is 2. The third-order valence-electron chi connectivity index (χ3n) is 11.8. The van der Waals surface area contributed by atoms with Crippen LogP contribution < -0.4 is 20.1 Å². The van der Waals surface area contributed by atoms with Crippen LogP contribution >= 0.6 is 15.9 Å². The van der Waals surface area contributed by atoms with Crippen LogP contribution in [0.5, 0.6) is 11.5 Å². The highest BCUT2D eigenvalue weighted by molar-refractivity contribution is 9.10. The van der Waals surface area contributed by atoms with E-state index in [4.69, 9.17) is 19.4 Å². The number of aromatic nitrogens is 2. The minimum atomic E-state index is -0.711. The molecule has 3 aliphatic rings. The molecule has 57 heavy (non-hydrogen) atoms. The lowest BCUT2D eigenvalue weighted by molar-refractivity contribution is -0.136. The molecule has 0 radical (unpaired) electrons. The van der Waals surface area contributed by atoms with Crippen molar-refractivity contribution in [3.8, 4) is 11.5 Å². The minimum absolute atomic E-state index is 0.0175. The second-order valence-electron chi connectivity index (χ2n) is 15.6. The number of aryl methyl sites for hydroxylation is 2. The van der Waals surface area contributed by atoms with Gasteiger partial charge in [-0.3, -0.25) is 19.7 Å². The van der Waals surface area contributed by atoms with Gasteiger partial charge in [0.15, 0.2) is 11.5 Å². The number of carbonyl (C=O) groups excluding carboxylic acids is 3. The van der Waals surface area contributed by atoms with Crippen LogP contribution in [0.25, 0.3) is 10.9 Å². The summed E-state index contributed by atoms with van der Waals surface area (Å²) in [5, 5.41) is 6.87. The van der Waals surface area contributed by atoms with Crippen LogP contribution in [-0.4, -0.2) is 77.4 Å². The van der Waals surface area contributed by atoms with Crippen molar-refractivity contribution in [1.82, 2.24) is 25.1 Å². The number of hydrogen-bond acceptors (Lipinski definition) is 9. The molecule has 4 heterocycles. The SMILES string of the molecule is COc1cc2c(NC(C)c3cccc(Br)c3)nc(C)nc2c(CCCCCCCN2CCC(c3cc(F)cc4c3CN(C3CCC(=O)NC3=O)C4=O)CC2)c1OC. The van der Waals surface area contributed by atoms with Crippen LogP contribution in [0.2, 0.25) is 0 Å². The van der Waals surface area contributed by atoms with Gasteiger partial charge < -0.3 is 24.6 Å². The summed E-state index contributed by atoms with van der Waals surface area (Å²) in [7, 11) is 3.35. The summed E-state index contributed by atoms with van der Waals surface area (Å²) >= 11 is 3.59. The molecular formula is C44H52BrFN6O5. The van der Waals surface area contributed by atoms with Gasteiger partial charge in [0.1, 0.15) is 23.5 Å². The number of imide groups is 1. The molecule has 0 bridgehead atoms. The number of methoxy groups -OCH3 is 2. The zero-order valence-corrected chi connectivity index (χ0v) is 34.8. The quantitative estimate of drug-likeness (QED) is 0.0901. The standard InChI is InChI=1S/C44H52BrFN6O5/c1-26(29-11-10-12-30(45)21-29)47-42-35-24-38(56-3)41(57-4)32(40(35)48-27(2)49-42)13-8-6-5-7-9-18-51-19-16-28(17-20-51)33-22-31(46)23-34-36(33)25-52(44(34)55)37-14-15-39(53)50-43(37)54/h10-12,21-24,26,28,37H,5-9,13-20,25H2,1-4H3,(H,47,48,49)(H,50,53,54). The van der Waals surface area contributed by atoms with E-state index in [-0.39, 0.29) is 43.2 Å². The maximum absolute atomic E-state index is 14.9. The minimum Gasteiger partial charge on any atom is -0.493 e. The number of amides is 3. The molecule has 2 atom stereocenters. The molecule has 2 unspecified atom stereocenters. The third-order valence-corrected chi connectivity index (χ3v) is 12.3. The molecule has 302 valence electrons. The Morgan fingerprint density at radius 1 is 0.982 bits per heavy atom. The summed E-state index contributed by atoms with van der Waals surface area (Å²) in [4.78, 5) is 51.3. The zero-order chi connectivity index (χ0) is 40.2. The summed E-state index contributed by atoms with van der Waals surface area (Å²) in [6.07, 6.45) is 8.51. The summed E-state index contributed by atoms with van der Waals surface area (Å²) in [5.41, 5.74) is 5.13. The maximum Gasteiger partial charge on any atom is 0.255 e. The topological polar surface area (TPSA) is 126 Å². The number of ether oxygens (including phenoxy) is 2. The molecular weight excluding hydrogens is 791 g/mol. The lowest BCUT2D eigenvalue weighted by Gasteiger charge is -2.33. The largest absolute Gasteiger partial charge is 0.493 e. The first-order valence-electron chi connectivity index (χ1n) is 20.2. The number of unbranched alkanes of at least 4 members (excludes halogenated alkanes) is 4. The number of rotatable bonds is 15. The molecule has 3 amide bonds. The number of hydrogen-bond donors (Lipinski definition) is 2. The predicted octanol–water partition coefficient (Wildman–Crippen LogP) is 8.16. The van der Waals surface area contributed by atoms with E-state index in [0.717, 1.165) is 120 Å². The van der Waals surface area contributed by atoms with Crippen LogP contribution in [0, 0.1) is 12.7 Å². The Morgan fingerprint density at radius 2 is 1.75 bits per heavy atom. The van der Waals surface area contributed by atoms with E-state index in [2.05, 4.69) is 50.5 Å². The molecule has 1 aromatic heterocycles. The number of carbonyl (C=O) groups is 3. The molecule has 7 rings (SSSR count). The monoisotopic (exact) mass is 842 g/mol. The van der Waals surface area contributed by atoms with Crippen LogP contribution in [0.15, 0.2) is 46.9 Å². The van der Waals surface area contributed by atoms with Crippen molar-refractivity contribution in [2.24, 2.45) is 0 Å². The molecule has 2 fully saturated rings. The third kappa shape index (κ3) is 8.94.